The zero-order valence-corrected chi connectivity index (χ0v) is 11.9. The summed E-state index contributed by atoms with van der Waals surface area (Å²) in [6.45, 7) is 1.62. The molecule has 94 valence electrons. The Morgan fingerprint density at radius 3 is 2.35 bits per heavy atom. The van der Waals surface area contributed by atoms with Gasteiger partial charge in [-0.25, -0.2) is 8.42 Å². The number of hydrogen-bond acceptors (Lipinski definition) is 3. The first kappa shape index (κ1) is 13.1. The molecule has 0 atom stereocenters. The molecule has 17 heavy (non-hydrogen) atoms. The lowest BCUT2D eigenvalue weighted by Crippen LogP contribution is -2.36. The number of rotatable bonds is 3. The van der Waals surface area contributed by atoms with Crippen molar-refractivity contribution in [1.82, 2.24) is 5.32 Å². The van der Waals surface area contributed by atoms with Crippen LogP contribution in [0.15, 0.2) is 28.7 Å². The van der Waals surface area contributed by atoms with Crippen molar-refractivity contribution in [2.45, 2.75) is 23.8 Å². The first-order valence-corrected chi connectivity index (χ1v) is 8.25. The van der Waals surface area contributed by atoms with Crippen LogP contribution in [-0.2, 0) is 15.6 Å². The molecule has 1 N–H and O–H groups in total. The van der Waals surface area contributed by atoms with E-state index in [9.17, 15) is 8.42 Å². The SMILES string of the molecule is O=S(=O)(Cc1ccc(Br)cc1)C1CCNCC1. The third-order valence-corrected chi connectivity index (χ3v) is 5.83. The molecular weight excluding hydrogens is 302 g/mol. The van der Waals surface area contributed by atoms with Crippen LogP contribution in [0, 0.1) is 0 Å². The maximum absolute atomic E-state index is 12.2. The molecule has 0 amide bonds. The Hall–Kier alpha value is -0.390. The standard InChI is InChI=1S/C12H16BrNO2S/c13-11-3-1-10(2-4-11)9-17(15,16)12-5-7-14-8-6-12/h1-4,12,14H,5-9H2. The third-order valence-electron chi connectivity index (χ3n) is 3.08. The molecule has 0 radical (unpaired) electrons. The van der Waals surface area contributed by atoms with E-state index in [0.717, 1.165) is 36.0 Å². The fraction of sp³-hybridized carbons (Fsp3) is 0.500. The van der Waals surface area contributed by atoms with Crippen LogP contribution in [-0.4, -0.2) is 26.8 Å². The number of sulfone groups is 1. The van der Waals surface area contributed by atoms with Crippen molar-refractivity contribution in [3.05, 3.63) is 34.3 Å². The molecule has 0 spiro atoms. The second kappa shape index (κ2) is 5.50. The van der Waals surface area contributed by atoms with Crippen molar-refractivity contribution < 1.29 is 8.42 Å². The summed E-state index contributed by atoms with van der Waals surface area (Å²) in [5.41, 5.74) is 0.867. The minimum absolute atomic E-state index is 0.158. The molecule has 1 aliphatic rings. The monoisotopic (exact) mass is 317 g/mol. The molecule has 0 unspecified atom stereocenters. The molecule has 1 aromatic carbocycles. The Kier molecular flexibility index (Phi) is 4.22. The van der Waals surface area contributed by atoms with Gasteiger partial charge in [0.25, 0.3) is 0 Å². The molecule has 2 rings (SSSR count). The van der Waals surface area contributed by atoms with Gasteiger partial charge in [-0.3, -0.25) is 0 Å². The van der Waals surface area contributed by atoms with Crippen molar-refractivity contribution >= 4 is 25.8 Å². The van der Waals surface area contributed by atoms with Gasteiger partial charge in [-0.1, -0.05) is 28.1 Å². The molecule has 0 bridgehead atoms. The molecule has 1 fully saturated rings. The second-order valence-corrected chi connectivity index (χ2v) is 7.58. The lowest BCUT2D eigenvalue weighted by atomic mass is 10.2. The van der Waals surface area contributed by atoms with Gasteiger partial charge in [0.15, 0.2) is 9.84 Å². The molecule has 1 aromatic rings. The van der Waals surface area contributed by atoms with E-state index in [1.165, 1.54) is 0 Å². The van der Waals surface area contributed by atoms with E-state index in [4.69, 9.17) is 0 Å². The van der Waals surface area contributed by atoms with Gasteiger partial charge in [0, 0.05) is 4.47 Å². The Morgan fingerprint density at radius 1 is 1.18 bits per heavy atom. The highest BCUT2D eigenvalue weighted by molar-refractivity contribution is 9.10. The van der Waals surface area contributed by atoms with Gasteiger partial charge in [0.05, 0.1) is 11.0 Å². The summed E-state index contributed by atoms with van der Waals surface area (Å²) in [5, 5.41) is 3.01. The Balaban J connectivity index is 2.08. The average Bonchev–Trinajstić information content (AvgIpc) is 2.33. The van der Waals surface area contributed by atoms with Gasteiger partial charge in [0.2, 0.25) is 0 Å². The topological polar surface area (TPSA) is 46.2 Å². The summed E-state index contributed by atoms with van der Waals surface area (Å²) in [6, 6.07) is 7.49. The number of hydrogen-bond donors (Lipinski definition) is 1. The average molecular weight is 318 g/mol. The van der Waals surface area contributed by atoms with E-state index >= 15 is 0 Å². The highest BCUT2D eigenvalue weighted by Gasteiger charge is 2.27. The highest BCUT2D eigenvalue weighted by Crippen LogP contribution is 2.19. The van der Waals surface area contributed by atoms with E-state index < -0.39 is 9.84 Å². The molecule has 5 heteroatoms. The smallest absolute Gasteiger partial charge is 0.157 e. The summed E-state index contributed by atoms with van der Waals surface area (Å²) in [5.74, 6) is 0.158. The summed E-state index contributed by atoms with van der Waals surface area (Å²) in [6.07, 6.45) is 1.47. The largest absolute Gasteiger partial charge is 0.317 e. The van der Waals surface area contributed by atoms with E-state index in [2.05, 4.69) is 21.2 Å². The van der Waals surface area contributed by atoms with Gasteiger partial charge in [-0.05, 0) is 43.6 Å². The fourth-order valence-corrected chi connectivity index (χ4v) is 4.20. The van der Waals surface area contributed by atoms with Crippen LogP contribution >= 0.6 is 15.9 Å². The minimum Gasteiger partial charge on any atom is -0.317 e. The van der Waals surface area contributed by atoms with Gasteiger partial charge in [-0.15, -0.1) is 0 Å². The maximum Gasteiger partial charge on any atom is 0.157 e. The minimum atomic E-state index is -3.00. The molecule has 0 aliphatic carbocycles. The third kappa shape index (κ3) is 3.53. The van der Waals surface area contributed by atoms with E-state index in [1.54, 1.807) is 0 Å². The Labute approximate surface area is 111 Å². The number of benzene rings is 1. The van der Waals surface area contributed by atoms with Crippen LogP contribution in [0.5, 0.6) is 0 Å². The Morgan fingerprint density at radius 2 is 1.76 bits per heavy atom. The molecule has 1 saturated heterocycles. The molecule has 1 aliphatic heterocycles. The quantitative estimate of drug-likeness (QED) is 0.928. The Bertz CT molecular complexity index is 464. The van der Waals surface area contributed by atoms with Crippen LogP contribution in [0.25, 0.3) is 0 Å². The normalized spacial score (nSPS) is 18.2. The lowest BCUT2D eigenvalue weighted by molar-refractivity contribution is 0.496. The summed E-state index contributed by atoms with van der Waals surface area (Å²) in [4.78, 5) is 0. The van der Waals surface area contributed by atoms with Gasteiger partial charge in [0.1, 0.15) is 0 Å². The first-order chi connectivity index (χ1) is 8.08. The van der Waals surface area contributed by atoms with E-state index in [0.29, 0.717) is 0 Å². The van der Waals surface area contributed by atoms with Crippen LogP contribution < -0.4 is 5.32 Å². The molecule has 0 aromatic heterocycles. The predicted octanol–water partition coefficient (Wildman–Crippen LogP) is 2.12. The van der Waals surface area contributed by atoms with Gasteiger partial charge >= 0.3 is 0 Å². The van der Waals surface area contributed by atoms with E-state index in [1.807, 2.05) is 24.3 Å². The van der Waals surface area contributed by atoms with Crippen LogP contribution in [0.3, 0.4) is 0 Å². The van der Waals surface area contributed by atoms with Gasteiger partial charge in [-0.2, -0.15) is 0 Å². The van der Waals surface area contributed by atoms with Crippen LogP contribution in [0.2, 0.25) is 0 Å². The van der Waals surface area contributed by atoms with Crippen molar-refractivity contribution in [1.29, 1.82) is 0 Å². The van der Waals surface area contributed by atoms with Crippen LogP contribution in [0.4, 0.5) is 0 Å². The number of halogens is 1. The number of piperidine rings is 1. The molecule has 1 heterocycles. The van der Waals surface area contributed by atoms with Crippen molar-refractivity contribution in [3.63, 3.8) is 0 Å². The first-order valence-electron chi connectivity index (χ1n) is 5.75. The van der Waals surface area contributed by atoms with Crippen molar-refractivity contribution in [2.24, 2.45) is 0 Å². The van der Waals surface area contributed by atoms with Crippen molar-refractivity contribution in [2.75, 3.05) is 13.1 Å². The summed E-state index contributed by atoms with van der Waals surface area (Å²) in [7, 11) is -3.00. The zero-order valence-electron chi connectivity index (χ0n) is 9.52. The zero-order chi connectivity index (χ0) is 12.3. The van der Waals surface area contributed by atoms with Crippen LogP contribution in [0.1, 0.15) is 18.4 Å². The maximum atomic E-state index is 12.2. The van der Waals surface area contributed by atoms with Crippen molar-refractivity contribution in [3.8, 4) is 0 Å². The molecule has 3 nitrogen and oxygen atoms in total. The number of nitrogens with one attached hydrogen (secondary N) is 1. The fourth-order valence-electron chi connectivity index (χ4n) is 2.09. The summed E-state index contributed by atoms with van der Waals surface area (Å²) >= 11 is 3.34. The molecule has 0 saturated carbocycles. The highest BCUT2D eigenvalue weighted by atomic mass is 79.9. The summed E-state index contributed by atoms with van der Waals surface area (Å²) < 4.78 is 25.4. The predicted molar refractivity (Wildman–Crippen MR) is 72.7 cm³/mol. The second-order valence-electron chi connectivity index (χ2n) is 4.38. The molecular formula is C12H16BrNO2S. The lowest BCUT2D eigenvalue weighted by Gasteiger charge is -2.22. The van der Waals surface area contributed by atoms with E-state index in [-0.39, 0.29) is 11.0 Å². The van der Waals surface area contributed by atoms with Gasteiger partial charge < -0.3 is 5.32 Å².